The number of morpholine rings is 1. The van der Waals surface area contributed by atoms with Gasteiger partial charge in [-0.05, 0) is 24.5 Å². The molecule has 142 valence electrons. The summed E-state index contributed by atoms with van der Waals surface area (Å²) in [5, 5.41) is 2.99. The lowest BCUT2D eigenvalue weighted by Crippen LogP contribution is -2.49. The largest absolute Gasteiger partial charge is 0.420 e. The third kappa shape index (κ3) is 4.53. The first-order valence-corrected chi connectivity index (χ1v) is 9.21. The fourth-order valence-electron chi connectivity index (χ4n) is 3.44. The lowest BCUT2D eigenvalue weighted by molar-refractivity contribution is -0.122. The first kappa shape index (κ1) is 18.7. The van der Waals surface area contributed by atoms with E-state index >= 15 is 0 Å². The van der Waals surface area contributed by atoms with Crippen molar-refractivity contribution in [3.8, 4) is 0 Å². The zero-order chi connectivity index (χ0) is 18.5. The number of oxazole rings is 1. The molecule has 1 aliphatic rings. The molecule has 1 N–H and O–H groups in total. The number of aromatic nitrogens is 1. The fraction of sp³-hybridized carbons (Fsp3) is 0.579. The summed E-state index contributed by atoms with van der Waals surface area (Å²) in [4.78, 5) is 26.8. The van der Waals surface area contributed by atoms with Crippen molar-refractivity contribution in [2.24, 2.45) is 5.92 Å². The van der Waals surface area contributed by atoms with Gasteiger partial charge in [-0.1, -0.05) is 26.0 Å². The third-order valence-corrected chi connectivity index (χ3v) is 4.72. The standard InChI is InChI=1S/C19H27N3O4/c1-14(2)11-15(21-7-9-25-10-8-21)12-20-18(23)13-22-16-5-3-4-6-17(16)26-19(22)24/h3-6,14-15H,7-13H2,1-2H3,(H,20,23). The van der Waals surface area contributed by atoms with Gasteiger partial charge in [-0.2, -0.15) is 0 Å². The summed E-state index contributed by atoms with van der Waals surface area (Å²) in [5.74, 6) is -0.144. The van der Waals surface area contributed by atoms with Crippen LogP contribution in [-0.2, 0) is 16.1 Å². The van der Waals surface area contributed by atoms with Gasteiger partial charge in [-0.15, -0.1) is 0 Å². The van der Waals surface area contributed by atoms with E-state index in [4.69, 9.17) is 9.15 Å². The number of benzene rings is 1. The fourth-order valence-corrected chi connectivity index (χ4v) is 3.44. The minimum atomic E-state index is -0.506. The molecule has 3 rings (SSSR count). The molecule has 2 heterocycles. The van der Waals surface area contributed by atoms with E-state index in [1.807, 2.05) is 6.07 Å². The number of para-hydroxylation sites is 2. The SMILES string of the molecule is CC(C)CC(CNC(=O)Cn1c(=O)oc2ccccc21)N1CCOCC1. The average molecular weight is 361 g/mol. The van der Waals surface area contributed by atoms with Crippen LogP contribution in [0, 0.1) is 5.92 Å². The highest BCUT2D eigenvalue weighted by molar-refractivity contribution is 5.79. The van der Waals surface area contributed by atoms with E-state index in [1.165, 1.54) is 4.57 Å². The van der Waals surface area contributed by atoms with Crippen LogP contribution in [0.25, 0.3) is 11.1 Å². The summed E-state index contributed by atoms with van der Waals surface area (Å²) in [6, 6.07) is 7.41. The second-order valence-corrected chi connectivity index (χ2v) is 7.16. The molecule has 1 saturated heterocycles. The van der Waals surface area contributed by atoms with E-state index in [1.54, 1.807) is 18.2 Å². The van der Waals surface area contributed by atoms with Crippen LogP contribution in [0.15, 0.2) is 33.5 Å². The predicted octanol–water partition coefficient (Wildman–Crippen LogP) is 1.46. The van der Waals surface area contributed by atoms with E-state index < -0.39 is 5.76 Å². The molecular formula is C19H27N3O4. The Kier molecular flexibility index (Phi) is 6.11. The van der Waals surface area contributed by atoms with Gasteiger partial charge in [0.2, 0.25) is 5.91 Å². The molecule has 0 bridgehead atoms. The summed E-state index contributed by atoms with van der Waals surface area (Å²) in [6.07, 6.45) is 1.01. The number of ether oxygens (including phenoxy) is 1. The third-order valence-electron chi connectivity index (χ3n) is 4.72. The highest BCUT2D eigenvalue weighted by Gasteiger charge is 2.22. The Labute approximate surface area is 152 Å². The molecule has 2 aromatic rings. The topological polar surface area (TPSA) is 76.7 Å². The van der Waals surface area contributed by atoms with Crippen LogP contribution in [0.3, 0.4) is 0 Å². The Hall–Kier alpha value is -2.12. The maximum Gasteiger partial charge on any atom is 0.420 e. The van der Waals surface area contributed by atoms with Crippen molar-refractivity contribution in [1.29, 1.82) is 0 Å². The molecule has 1 unspecified atom stereocenters. The molecule has 1 aliphatic heterocycles. The van der Waals surface area contributed by atoms with Crippen LogP contribution in [0.2, 0.25) is 0 Å². The van der Waals surface area contributed by atoms with Crippen molar-refractivity contribution in [3.05, 3.63) is 34.8 Å². The number of hydrogen-bond acceptors (Lipinski definition) is 5. The van der Waals surface area contributed by atoms with Crippen LogP contribution in [0.4, 0.5) is 0 Å². The van der Waals surface area contributed by atoms with Crippen molar-refractivity contribution in [2.75, 3.05) is 32.8 Å². The van der Waals surface area contributed by atoms with Crippen LogP contribution < -0.4 is 11.1 Å². The van der Waals surface area contributed by atoms with Crippen LogP contribution >= 0.6 is 0 Å². The zero-order valence-electron chi connectivity index (χ0n) is 15.4. The molecule has 0 radical (unpaired) electrons. The average Bonchev–Trinajstić information content (AvgIpc) is 2.94. The van der Waals surface area contributed by atoms with Gasteiger partial charge in [-0.25, -0.2) is 4.79 Å². The molecular weight excluding hydrogens is 334 g/mol. The highest BCUT2D eigenvalue weighted by Crippen LogP contribution is 2.14. The number of nitrogens with zero attached hydrogens (tertiary/aromatic N) is 2. The molecule has 7 heteroatoms. The number of fused-ring (bicyclic) bond motifs is 1. The monoisotopic (exact) mass is 361 g/mol. The van der Waals surface area contributed by atoms with Crippen molar-refractivity contribution in [1.82, 2.24) is 14.8 Å². The lowest BCUT2D eigenvalue weighted by Gasteiger charge is -2.35. The van der Waals surface area contributed by atoms with Crippen molar-refractivity contribution in [3.63, 3.8) is 0 Å². The van der Waals surface area contributed by atoms with E-state index in [9.17, 15) is 9.59 Å². The normalized spacial score (nSPS) is 16.9. The number of nitrogens with one attached hydrogen (secondary N) is 1. The Morgan fingerprint density at radius 3 is 2.69 bits per heavy atom. The number of carbonyl (C=O) groups excluding carboxylic acids is 1. The predicted molar refractivity (Wildman–Crippen MR) is 99.1 cm³/mol. The Morgan fingerprint density at radius 2 is 1.96 bits per heavy atom. The molecule has 26 heavy (non-hydrogen) atoms. The Balaban J connectivity index is 1.62. The second kappa shape index (κ2) is 8.51. The summed E-state index contributed by atoms with van der Waals surface area (Å²) >= 11 is 0. The van der Waals surface area contributed by atoms with Crippen molar-refractivity contribution < 1.29 is 13.9 Å². The number of amides is 1. The summed E-state index contributed by atoms with van der Waals surface area (Å²) in [5.41, 5.74) is 1.14. The Bertz CT molecular complexity index is 789. The molecule has 0 aliphatic carbocycles. The smallest absolute Gasteiger partial charge is 0.408 e. The van der Waals surface area contributed by atoms with Gasteiger partial charge in [0.1, 0.15) is 6.54 Å². The Morgan fingerprint density at radius 1 is 1.23 bits per heavy atom. The first-order valence-electron chi connectivity index (χ1n) is 9.21. The molecule has 1 fully saturated rings. The first-order chi connectivity index (χ1) is 12.5. The van der Waals surface area contributed by atoms with Gasteiger partial charge < -0.3 is 14.5 Å². The quantitative estimate of drug-likeness (QED) is 0.808. The maximum atomic E-state index is 12.4. The number of rotatable bonds is 7. The van der Waals surface area contributed by atoms with Gasteiger partial charge >= 0.3 is 5.76 Å². The minimum absolute atomic E-state index is 0.0344. The molecule has 1 aromatic heterocycles. The van der Waals surface area contributed by atoms with Gasteiger partial charge in [0, 0.05) is 25.7 Å². The molecule has 1 atom stereocenters. The zero-order valence-corrected chi connectivity index (χ0v) is 15.4. The molecule has 0 saturated carbocycles. The summed E-state index contributed by atoms with van der Waals surface area (Å²) < 4.78 is 12.0. The molecule has 1 amide bonds. The number of hydrogen-bond donors (Lipinski definition) is 1. The summed E-state index contributed by atoms with van der Waals surface area (Å²) in [7, 11) is 0. The van der Waals surface area contributed by atoms with Crippen LogP contribution in [0.5, 0.6) is 0 Å². The molecule has 1 aromatic carbocycles. The van der Waals surface area contributed by atoms with Crippen molar-refractivity contribution >= 4 is 17.0 Å². The van der Waals surface area contributed by atoms with E-state index in [0.29, 0.717) is 23.6 Å². The van der Waals surface area contributed by atoms with Gasteiger partial charge in [0.05, 0.1) is 18.7 Å². The van der Waals surface area contributed by atoms with Crippen LogP contribution in [-0.4, -0.2) is 54.3 Å². The highest BCUT2D eigenvalue weighted by atomic mass is 16.5. The van der Waals surface area contributed by atoms with E-state index in [0.717, 1.165) is 32.7 Å². The lowest BCUT2D eigenvalue weighted by atomic mass is 10.0. The second-order valence-electron chi connectivity index (χ2n) is 7.16. The van der Waals surface area contributed by atoms with Gasteiger partial charge in [-0.3, -0.25) is 14.3 Å². The van der Waals surface area contributed by atoms with E-state index in [-0.39, 0.29) is 18.5 Å². The number of carbonyl (C=O) groups is 1. The van der Waals surface area contributed by atoms with Crippen molar-refractivity contribution in [2.45, 2.75) is 32.9 Å². The van der Waals surface area contributed by atoms with Gasteiger partial charge in [0.15, 0.2) is 5.58 Å². The molecule has 7 nitrogen and oxygen atoms in total. The van der Waals surface area contributed by atoms with Gasteiger partial charge in [0.25, 0.3) is 0 Å². The van der Waals surface area contributed by atoms with Crippen LogP contribution in [0.1, 0.15) is 20.3 Å². The minimum Gasteiger partial charge on any atom is -0.408 e. The van der Waals surface area contributed by atoms with E-state index in [2.05, 4.69) is 24.1 Å². The molecule has 0 spiro atoms. The maximum absolute atomic E-state index is 12.4. The summed E-state index contributed by atoms with van der Waals surface area (Å²) in [6.45, 7) is 8.16.